The molecule has 0 radical (unpaired) electrons. The normalized spacial score (nSPS) is 13.6. The van der Waals surface area contributed by atoms with Crippen molar-refractivity contribution in [3.05, 3.63) is 11.8 Å². The van der Waals surface area contributed by atoms with E-state index in [1.54, 1.807) is 0 Å². The summed E-state index contributed by atoms with van der Waals surface area (Å²) in [5.74, 6) is 0.564. The monoisotopic (exact) mass is 223 g/mol. The molecular formula is C15H29N. The highest BCUT2D eigenvalue weighted by Gasteiger charge is 1.96. The lowest BCUT2D eigenvalue weighted by molar-refractivity contribution is 0.630. The minimum Gasteiger partial charge on any atom is -0.266 e. The van der Waals surface area contributed by atoms with E-state index < -0.39 is 0 Å². The van der Waals surface area contributed by atoms with Crippen molar-refractivity contribution in [2.75, 3.05) is 0 Å². The van der Waals surface area contributed by atoms with E-state index in [0.29, 0.717) is 5.92 Å². The van der Waals surface area contributed by atoms with Crippen LogP contribution < -0.4 is 0 Å². The van der Waals surface area contributed by atoms with Gasteiger partial charge in [-0.25, -0.2) is 0 Å². The number of rotatable bonds is 8. The third-order valence-electron chi connectivity index (χ3n) is 3.00. The molecule has 94 valence electrons. The zero-order chi connectivity index (χ0) is 12.4. The number of nitrogens with zero attached hydrogens (tertiary/aromatic N) is 1. The van der Waals surface area contributed by atoms with Gasteiger partial charge in [-0.1, -0.05) is 52.0 Å². The van der Waals surface area contributed by atoms with Gasteiger partial charge in [-0.3, -0.25) is 4.99 Å². The molecule has 1 nitrogen and oxygen atoms in total. The molecule has 0 fully saturated rings. The summed E-state index contributed by atoms with van der Waals surface area (Å²) in [5.41, 5.74) is 2.64. The second kappa shape index (κ2) is 9.62. The Labute approximate surface area is 102 Å². The molecule has 0 aromatic carbocycles. The van der Waals surface area contributed by atoms with Gasteiger partial charge in [0.2, 0.25) is 0 Å². The standard InChI is InChI=1S/C15H29N/c1-6-7-8-9-10-11-14(4)12-16-15(5)13(2)3/h12-13H,6-11H2,1-5H3/b14-12+,16-15+. The molecule has 16 heavy (non-hydrogen) atoms. The molecule has 0 amide bonds. The molecule has 1 heteroatoms. The van der Waals surface area contributed by atoms with E-state index in [0.717, 1.165) is 0 Å². The maximum atomic E-state index is 4.49. The van der Waals surface area contributed by atoms with Crippen LogP contribution in [0, 0.1) is 5.92 Å². The van der Waals surface area contributed by atoms with Crippen LogP contribution in [0.25, 0.3) is 0 Å². The molecule has 0 spiro atoms. The van der Waals surface area contributed by atoms with E-state index in [1.165, 1.54) is 49.8 Å². The second-order valence-electron chi connectivity index (χ2n) is 5.06. The molecule has 0 atom stereocenters. The first kappa shape index (κ1) is 15.4. The third kappa shape index (κ3) is 8.70. The Hall–Kier alpha value is -0.590. The molecule has 0 saturated heterocycles. The SMILES string of the molecule is CCCCCCC/C(C)=C/N=C(\C)C(C)C. The molecule has 0 N–H and O–H groups in total. The van der Waals surface area contributed by atoms with Crippen molar-refractivity contribution in [1.29, 1.82) is 0 Å². The summed E-state index contributed by atoms with van der Waals surface area (Å²) in [6.07, 6.45) is 10.0. The second-order valence-corrected chi connectivity index (χ2v) is 5.06. The number of hydrogen-bond acceptors (Lipinski definition) is 1. The average Bonchev–Trinajstić information content (AvgIpc) is 2.25. The molecule has 0 heterocycles. The summed E-state index contributed by atoms with van der Waals surface area (Å²) >= 11 is 0. The zero-order valence-corrected chi connectivity index (χ0v) is 11.8. The number of unbranched alkanes of at least 4 members (excludes halogenated alkanes) is 4. The Morgan fingerprint density at radius 3 is 2.25 bits per heavy atom. The van der Waals surface area contributed by atoms with Crippen LogP contribution in [0.5, 0.6) is 0 Å². The molecule has 0 aliphatic rings. The van der Waals surface area contributed by atoms with Crippen LogP contribution in [0.3, 0.4) is 0 Å². The van der Waals surface area contributed by atoms with Gasteiger partial charge in [0, 0.05) is 11.9 Å². The maximum Gasteiger partial charge on any atom is 0.0256 e. The smallest absolute Gasteiger partial charge is 0.0256 e. The number of hydrogen-bond donors (Lipinski definition) is 0. The van der Waals surface area contributed by atoms with E-state index in [-0.39, 0.29) is 0 Å². The van der Waals surface area contributed by atoms with Gasteiger partial charge in [-0.05, 0) is 32.6 Å². The number of allylic oxidation sites excluding steroid dienone is 1. The topological polar surface area (TPSA) is 12.4 Å². The Balaban J connectivity index is 3.75. The quantitative estimate of drug-likeness (QED) is 0.387. The van der Waals surface area contributed by atoms with Gasteiger partial charge >= 0.3 is 0 Å². The molecule has 0 bridgehead atoms. The summed E-state index contributed by atoms with van der Waals surface area (Å²) in [7, 11) is 0. The fraction of sp³-hybridized carbons (Fsp3) is 0.800. The first-order valence-electron chi connectivity index (χ1n) is 6.77. The fourth-order valence-electron chi connectivity index (χ4n) is 1.43. The van der Waals surface area contributed by atoms with Gasteiger partial charge in [0.05, 0.1) is 0 Å². The van der Waals surface area contributed by atoms with Crippen LogP contribution in [-0.4, -0.2) is 5.71 Å². The molecule has 0 unspecified atom stereocenters. The largest absolute Gasteiger partial charge is 0.266 e. The lowest BCUT2D eigenvalue weighted by atomic mass is 10.1. The summed E-state index contributed by atoms with van der Waals surface area (Å²) < 4.78 is 0. The van der Waals surface area contributed by atoms with Crippen LogP contribution in [-0.2, 0) is 0 Å². The van der Waals surface area contributed by atoms with Crippen molar-refractivity contribution in [2.24, 2.45) is 10.9 Å². The summed E-state index contributed by atoms with van der Waals surface area (Å²) in [5, 5.41) is 0. The van der Waals surface area contributed by atoms with Crippen LogP contribution >= 0.6 is 0 Å². The van der Waals surface area contributed by atoms with Crippen molar-refractivity contribution in [3.8, 4) is 0 Å². The molecule has 0 saturated carbocycles. The van der Waals surface area contributed by atoms with Gasteiger partial charge in [0.25, 0.3) is 0 Å². The van der Waals surface area contributed by atoms with Gasteiger partial charge in [0.1, 0.15) is 0 Å². The minimum atomic E-state index is 0.564. The van der Waals surface area contributed by atoms with E-state index >= 15 is 0 Å². The van der Waals surface area contributed by atoms with Gasteiger partial charge < -0.3 is 0 Å². The predicted octanol–water partition coefficient (Wildman–Crippen LogP) is 5.37. The van der Waals surface area contributed by atoms with E-state index in [9.17, 15) is 0 Å². The summed E-state index contributed by atoms with van der Waals surface area (Å²) in [4.78, 5) is 4.49. The van der Waals surface area contributed by atoms with Crippen molar-refractivity contribution < 1.29 is 0 Å². The van der Waals surface area contributed by atoms with E-state index in [4.69, 9.17) is 0 Å². The van der Waals surface area contributed by atoms with Gasteiger partial charge in [-0.15, -0.1) is 0 Å². The van der Waals surface area contributed by atoms with E-state index in [1.807, 2.05) is 0 Å². The molecule has 0 aromatic heterocycles. The highest BCUT2D eigenvalue weighted by molar-refractivity contribution is 5.84. The van der Waals surface area contributed by atoms with E-state index in [2.05, 4.69) is 45.8 Å². The Bertz CT molecular complexity index is 224. The Morgan fingerprint density at radius 2 is 1.69 bits per heavy atom. The average molecular weight is 223 g/mol. The molecule has 0 aromatic rings. The number of aliphatic imine (C=N–C) groups is 1. The summed E-state index contributed by atoms with van der Waals surface area (Å²) in [6, 6.07) is 0. The van der Waals surface area contributed by atoms with Crippen LogP contribution in [0.1, 0.15) is 73.1 Å². The van der Waals surface area contributed by atoms with Crippen molar-refractivity contribution >= 4 is 5.71 Å². The van der Waals surface area contributed by atoms with Crippen molar-refractivity contribution in [1.82, 2.24) is 0 Å². The maximum absolute atomic E-state index is 4.49. The Morgan fingerprint density at radius 1 is 1.06 bits per heavy atom. The predicted molar refractivity (Wildman–Crippen MR) is 75.1 cm³/mol. The first-order chi connectivity index (χ1) is 7.57. The van der Waals surface area contributed by atoms with Crippen molar-refractivity contribution in [3.63, 3.8) is 0 Å². The Kier molecular flexibility index (Phi) is 9.27. The fourth-order valence-corrected chi connectivity index (χ4v) is 1.43. The summed E-state index contributed by atoms with van der Waals surface area (Å²) in [6.45, 7) is 10.9. The lowest BCUT2D eigenvalue weighted by Gasteiger charge is -2.03. The van der Waals surface area contributed by atoms with Crippen LogP contribution in [0.2, 0.25) is 0 Å². The molecule has 0 aliphatic carbocycles. The van der Waals surface area contributed by atoms with Crippen LogP contribution in [0.4, 0.5) is 0 Å². The highest BCUT2D eigenvalue weighted by atomic mass is 14.7. The highest BCUT2D eigenvalue weighted by Crippen LogP contribution is 2.11. The molecule has 0 aliphatic heterocycles. The van der Waals surface area contributed by atoms with Crippen molar-refractivity contribution in [2.45, 2.75) is 73.1 Å². The molecule has 0 rings (SSSR count). The zero-order valence-electron chi connectivity index (χ0n) is 11.8. The third-order valence-corrected chi connectivity index (χ3v) is 3.00. The van der Waals surface area contributed by atoms with Crippen LogP contribution in [0.15, 0.2) is 16.8 Å². The minimum absolute atomic E-state index is 0.564. The van der Waals surface area contributed by atoms with Gasteiger partial charge in [-0.2, -0.15) is 0 Å². The lowest BCUT2D eigenvalue weighted by Crippen LogP contribution is -2.00. The van der Waals surface area contributed by atoms with Gasteiger partial charge in [0.15, 0.2) is 0 Å². The first-order valence-corrected chi connectivity index (χ1v) is 6.77. The molecular weight excluding hydrogens is 194 g/mol.